The van der Waals surface area contributed by atoms with Crippen molar-refractivity contribution in [1.82, 2.24) is 14.7 Å². The van der Waals surface area contributed by atoms with Gasteiger partial charge in [0.05, 0.1) is 0 Å². The van der Waals surface area contributed by atoms with E-state index in [-0.39, 0.29) is 0 Å². The molecule has 0 atom stereocenters. The number of nitrogens with zero attached hydrogens (tertiary/aromatic N) is 3. The van der Waals surface area contributed by atoms with E-state index in [0.29, 0.717) is 5.41 Å². The van der Waals surface area contributed by atoms with Gasteiger partial charge in [0.2, 0.25) is 0 Å². The molecule has 0 saturated carbocycles. The second-order valence-electron chi connectivity index (χ2n) is 8.24. The second kappa shape index (κ2) is 5.58. The van der Waals surface area contributed by atoms with Crippen molar-refractivity contribution in [3.63, 3.8) is 0 Å². The molecule has 3 saturated heterocycles. The Kier molecular flexibility index (Phi) is 4.13. The van der Waals surface area contributed by atoms with Crippen LogP contribution in [0.1, 0.15) is 40.5 Å². The summed E-state index contributed by atoms with van der Waals surface area (Å²) in [5, 5.41) is 0. The molecule has 0 aliphatic carbocycles. The van der Waals surface area contributed by atoms with Gasteiger partial charge in [0.1, 0.15) is 0 Å². The zero-order valence-corrected chi connectivity index (χ0v) is 13.9. The molecule has 3 nitrogen and oxygen atoms in total. The Bertz CT molecular complexity index is 317. The minimum atomic E-state index is 0.697. The number of hydrogen-bond acceptors (Lipinski definition) is 3. The molecule has 0 amide bonds. The second-order valence-corrected chi connectivity index (χ2v) is 8.24. The maximum atomic E-state index is 2.73. The third-order valence-electron chi connectivity index (χ3n) is 5.82. The first-order valence-electron chi connectivity index (χ1n) is 8.68. The van der Waals surface area contributed by atoms with E-state index >= 15 is 0 Å². The molecule has 0 aromatic carbocycles. The van der Waals surface area contributed by atoms with Crippen molar-refractivity contribution in [2.45, 2.75) is 52.6 Å². The highest BCUT2D eigenvalue weighted by molar-refractivity contribution is 5.06. The van der Waals surface area contributed by atoms with Crippen LogP contribution in [0.4, 0.5) is 0 Å². The summed E-state index contributed by atoms with van der Waals surface area (Å²) in [6.45, 7) is 18.8. The lowest BCUT2D eigenvalue weighted by atomic mass is 9.71. The maximum Gasteiger partial charge on any atom is 0.0212 e. The van der Waals surface area contributed by atoms with Gasteiger partial charge >= 0.3 is 0 Å². The highest BCUT2D eigenvalue weighted by atomic mass is 15.3. The Morgan fingerprint density at radius 1 is 0.850 bits per heavy atom. The lowest BCUT2D eigenvalue weighted by Crippen LogP contribution is -2.73. The Balaban J connectivity index is 1.34. The van der Waals surface area contributed by atoms with Gasteiger partial charge in [0.15, 0.2) is 0 Å². The van der Waals surface area contributed by atoms with E-state index in [9.17, 15) is 0 Å². The Hall–Kier alpha value is -0.120. The van der Waals surface area contributed by atoms with Crippen molar-refractivity contribution in [3.05, 3.63) is 0 Å². The third-order valence-corrected chi connectivity index (χ3v) is 5.82. The fraction of sp³-hybridized carbons (Fsp3) is 1.00. The minimum absolute atomic E-state index is 0.697. The van der Waals surface area contributed by atoms with E-state index in [0.717, 1.165) is 18.0 Å². The van der Waals surface area contributed by atoms with Gasteiger partial charge in [-0.05, 0) is 59.5 Å². The Morgan fingerprint density at radius 2 is 1.40 bits per heavy atom. The third kappa shape index (κ3) is 2.90. The molecule has 3 rings (SSSR count). The first-order chi connectivity index (χ1) is 9.47. The molecular formula is C17H33N3. The summed E-state index contributed by atoms with van der Waals surface area (Å²) in [7, 11) is 0. The molecule has 3 heterocycles. The van der Waals surface area contributed by atoms with Crippen molar-refractivity contribution >= 4 is 0 Å². The molecule has 3 aliphatic heterocycles. The Morgan fingerprint density at radius 3 is 1.90 bits per heavy atom. The van der Waals surface area contributed by atoms with Gasteiger partial charge in [0.25, 0.3) is 0 Å². The first kappa shape index (κ1) is 14.8. The van der Waals surface area contributed by atoms with Crippen LogP contribution in [0.3, 0.4) is 0 Å². The van der Waals surface area contributed by atoms with Gasteiger partial charge in [-0.2, -0.15) is 0 Å². The van der Waals surface area contributed by atoms with Gasteiger partial charge in [0, 0.05) is 50.2 Å². The standard InChI is InChI=1S/C17H33N3/c1-14(2)19-7-5-16(6-8-19)9-18-10-17(11-18)12-20(13-17)15(3)4/h14-16H,5-13H2,1-4H3. The highest BCUT2D eigenvalue weighted by Crippen LogP contribution is 2.41. The van der Waals surface area contributed by atoms with Crippen LogP contribution >= 0.6 is 0 Å². The fourth-order valence-electron chi connectivity index (χ4n) is 4.43. The van der Waals surface area contributed by atoms with Crippen LogP contribution in [0.15, 0.2) is 0 Å². The largest absolute Gasteiger partial charge is 0.302 e. The molecule has 0 aromatic rings. The SMILES string of the molecule is CC(C)N1CCC(CN2CC3(C2)CN(C(C)C)C3)CC1. The monoisotopic (exact) mass is 279 g/mol. The number of rotatable bonds is 4. The number of likely N-dealkylation sites (tertiary alicyclic amines) is 3. The molecular weight excluding hydrogens is 246 g/mol. The summed E-state index contributed by atoms with van der Waals surface area (Å²) in [6.07, 6.45) is 2.83. The van der Waals surface area contributed by atoms with E-state index in [1.807, 2.05) is 0 Å². The molecule has 3 aliphatic rings. The molecule has 1 spiro atoms. The van der Waals surface area contributed by atoms with E-state index in [1.165, 1.54) is 58.7 Å². The highest BCUT2D eigenvalue weighted by Gasteiger charge is 2.51. The molecule has 0 unspecified atom stereocenters. The summed E-state index contributed by atoms with van der Waals surface area (Å²) in [5.74, 6) is 0.962. The molecule has 0 radical (unpaired) electrons. The number of piperidine rings is 1. The molecule has 0 bridgehead atoms. The van der Waals surface area contributed by atoms with E-state index in [4.69, 9.17) is 0 Å². The fourth-order valence-corrected chi connectivity index (χ4v) is 4.43. The normalized spacial score (nSPS) is 29.1. The predicted octanol–water partition coefficient (Wildman–Crippen LogP) is 2.13. The van der Waals surface area contributed by atoms with Gasteiger partial charge in [-0.3, -0.25) is 4.90 Å². The van der Waals surface area contributed by atoms with Crippen LogP contribution < -0.4 is 0 Å². The van der Waals surface area contributed by atoms with Crippen molar-refractivity contribution < 1.29 is 0 Å². The molecule has 3 fully saturated rings. The van der Waals surface area contributed by atoms with Crippen molar-refractivity contribution in [1.29, 1.82) is 0 Å². The lowest BCUT2D eigenvalue weighted by molar-refractivity contribution is -0.130. The maximum absolute atomic E-state index is 2.73. The summed E-state index contributed by atoms with van der Waals surface area (Å²) in [6, 6.07) is 1.48. The zero-order valence-electron chi connectivity index (χ0n) is 13.9. The summed E-state index contributed by atoms with van der Waals surface area (Å²) in [5.41, 5.74) is 0.697. The van der Waals surface area contributed by atoms with Gasteiger partial charge in [-0.15, -0.1) is 0 Å². The average Bonchev–Trinajstić information content (AvgIpc) is 2.30. The smallest absolute Gasteiger partial charge is 0.0212 e. The summed E-state index contributed by atoms with van der Waals surface area (Å²) < 4.78 is 0. The molecule has 0 N–H and O–H groups in total. The van der Waals surface area contributed by atoms with E-state index < -0.39 is 0 Å². The molecule has 0 aromatic heterocycles. The van der Waals surface area contributed by atoms with Crippen LogP contribution in [0, 0.1) is 11.3 Å². The van der Waals surface area contributed by atoms with Gasteiger partial charge in [-0.1, -0.05) is 0 Å². The van der Waals surface area contributed by atoms with Crippen molar-refractivity contribution in [3.8, 4) is 0 Å². The summed E-state index contributed by atoms with van der Waals surface area (Å²) >= 11 is 0. The topological polar surface area (TPSA) is 9.72 Å². The van der Waals surface area contributed by atoms with Gasteiger partial charge < -0.3 is 9.80 Å². The molecule has 116 valence electrons. The van der Waals surface area contributed by atoms with Crippen molar-refractivity contribution in [2.75, 3.05) is 45.8 Å². The minimum Gasteiger partial charge on any atom is -0.302 e. The van der Waals surface area contributed by atoms with Crippen molar-refractivity contribution in [2.24, 2.45) is 11.3 Å². The van der Waals surface area contributed by atoms with E-state index in [2.05, 4.69) is 42.4 Å². The van der Waals surface area contributed by atoms with Crippen LogP contribution in [0.5, 0.6) is 0 Å². The van der Waals surface area contributed by atoms with Crippen LogP contribution in [-0.4, -0.2) is 72.6 Å². The molecule has 20 heavy (non-hydrogen) atoms. The van der Waals surface area contributed by atoms with Crippen LogP contribution in [-0.2, 0) is 0 Å². The van der Waals surface area contributed by atoms with Gasteiger partial charge in [-0.25, -0.2) is 0 Å². The lowest BCUT2D eigenvalue weighted by Gasteiger charge is -2.62. The number of hydrogen-bond donors (Lipinski definition) is 0. The summed E-state index contributed by atoms with van der Waals surface area (Å²) in [4.78, 5) is 7.99. The zero-order chi connectivity index (χ0) is 14.3. The average molecular weight is 279 g/mol. The Labute approximate surface area is 125 Å². The van der Waals surface area contributed by atoms with E-state index in [1.54, 1.807) is 0 Å². The quantitative estimate of drug-likeness (QED) is 0.780. The molecule has 3 heteroatoms. The first-order valence-corrected chi connectivity index (χ1v) is 8.68. The predicted molar refractivity (Wildman–Crippen MR) is 85.0 cm³/mol. The van der Waals surface area contributed by atoms with Crippen LogP contribution in [0.25, 0.3) is 0 Å². The van der Waals surface area contributed by atoms with Crippen LogP contribution in [0.2, 0.25) is 0 Å².